The molecule has 100 valence electrons. The van der Waals surface area contributed by atoms with Crippen LogP contribution in [-0.2, 0) is 5.54 Å². The second-order valence-electron chi connectivity index (χ2n) is 5.16. The largest absolute Gasteiger partial charge is 0.318 e. The van der Waals surface area contributed by atoms with Crippen LogP contribution in [0.5, 0.6) is 0 Å². The highest BCUT2D eigenvalue weighted by Gasteiger charge is 2.28. The molecule has 1 heteroatoms. The fourth-order valence-corrected chi connectivity index (χ4v) is 2.58. The van der Waals surface area contributed by atoms with E-state index < -0.39 is 0 Å². The van der Waals surface area contributed by atoms with Gasteiger partial charge in [-0.25, -0.2) is 0 Å². The molecule has 0 atom stereocenters. The third-order valence-corrected chi connectivity index (χ3v) is 3.75. The van der Waals surface area contributed by atoms with Gasteiger partial charge < -0.3 is 5.73 Å². The Bertz CT molecular complexity index is 436. The van der Waals surface area contributed by atoms with E-state index >= 15 is 0 Å². The first-order valence-electron chi connectivity index (χ1n) is 7.17. The summed E-state index contributed by atoms with van der Waals surface area (Å²) in [7, 11) is 0. The maximum Gasteiger partial charge on any atom is 0.0665 e. The molecule has 0 aromatic heterocycles. The Labute approximate surface area is 116 Å². The van der Waals surface area contributed by atoms with Crippen LogP contribution >= 0.6 is 0 Å². The van der Waals surface area contributed by atoms with Crippen molar-refractivity contribution in [3.63, 3.8) is 0 Å². The molecule has 2 rings (SSSR count). The van der Waals surface area contributed by atoms with Gasteiger partial charge in [-0.05, 0) is 17.5 Å². The van der Waals surface area contributed by atoms with Gasteiger partial charge in [-0.15, -0.1) is 0 Å². The van der Waals surface area contributed by atoms with Crippen LogP contribution in [0.25, 0.3) is 0 Å². The molecule has 0 saturated heterocycles. The van der Waals surface area contributed by atoms with Crippen LogP contribution < -0.4 is 5.73 Å². The molecule has 0 aliphatic rings. The fraction of sp³-hybridized carbons (Fsp3) is 0.333. The van der Waals surface area contributed by atoms with Crippen molar-refractivity contribution in [1.29, 1.82) is 0 Å². The van der Waals surface area contributed by atoms with Crippen LogP contribution in [0.2, 0.25) is 0 Å². The van der Waals surface area contributed by atoms with Gasteiger partial charge in [0.1, 0.15) is 0 Å². The van der Waals surface area contributed by atoms with E-state index in [2.05, 4.69) is 55.5 Å². The number of hydrogen-bond donors (Lipinski definition) is 1. The molecule has 0 aliphatic carbocycles. The molecule has 2 aromatic carbocycles. The van der Waals surface area contributed by atoms with Gasteiger partial charge in [0.25, 0.3) is 0 Å². The molecular weight excluding hydrogens is 230 g/mol. The molecule has 0 saturated carbocycles. The average Bonchev–Trinajstić information content (AvgIpc) is 2.49. The van der Waals surface area contributed by atoms with Gasteiger partial charge in [-0.2, -0.15) is 0 Å². The van der Waals surface area contributed by atoms with E-state index in [-0.39, 0.29) is 5.54 Å². The van der Waals surface area contributed by atoms with E-state index in [1.807, 2.05) is 12.1 Å². The third kappa shape index (κ3) is 3.24. The number of rotatable bonds is 6. The van der Waals surface area contributed by atoms with E-state index in [0.29, 0.717) is 0 Å². The van der Waals surface area contributed by atoms with E-state index in [1.54, 1.807) is 0 Å². The molecular formula is C18H23N. The summed E-state index contributed by atoms with van der Waals surface area (Å²) in [5.41, 5.74) is 8.83. The molecule has 0 bridgehead atoms. The van der Waals surface area contributed by atoms with Crippen LogP contribution in [0.15, 0.2) is 60.7 Å². The molecule has 0 aliphatic heterocycles. The fourth-order valence-electron chi connectivity index (χ4n) is 2.58. The summed E-state index contributed by atoms with van der Waals surface area (Å²) in [4.78, 5) is 0. The monoisotopic (exact) mass is 253 g/mol. The lowest BCUT2D eigenvalue weighted by atomic mass is 9.80. The molecule has 0 spiro atoms. The summed E-state index contributed by atoms with van der Waals surface area (Å²) in [5.74, 6) is 0. The Morgan fingerprint density at radius 1 is 0.789 bits per heavy atom. The van der Waals surface area contributed by atoms with Crippen molar-refractivity contribution in [1.82, 2.24) is 0 Å². The van der Waals surface area contributed by atoms with Gasteiger partial charge in [-0.3, -0.25) is 0 Å². The van der Waals surface area contributed by atoms with Gasteiger partial charge in [0, 0.05) is 0 Å². The van der Waals surface area contributed by atoms with Crippen molar-refractivity contribution in [2.45, 2.75) is 38.1 Å². The SMILES string of the molecule is CCCCCC(N)(c1ccccc1)c1ccccc1. The standard InChI is InChI=1S/C18H23N/c1-2-3-10-15-18(19,16-11-6-4-7-12-16)17-13-8-5-9-14-17/h4-9,11-14H,2-3,10,15,19H2,1H3. The van der Waals surface area contributed by atoms with Crippen molar-refractivity contribution < 1.29 is 0 Å². The minimum Gasteiger partial charge on any atom is -0.318 e. The van der Waals surface area contributed by atoms with Crippen LogP contribution in [0.1, 0.15) is 43.7 Å². The maximum atomic E-state index is 6.78. The van der Waals surface area contributed by atoms with Crippen LogP contribution in [0, 0.1) is 0 Å². The van der Waals surface area contributed by atoms with Gasteiger partial charge in [0.2, 0.25) is 0 Å². The summed E-state index contributed by atoms with van der Waals surface area (Å²) in [5, 5.41) is 0. The Morgan fingerprint density at radius 2 is 1.26 bits per heavy atom. The molecule has 2 N–H and O–H groups in total. The maximum absolute atomic E-state index is 6.78. The second-order valence-corrected chi connectivity index (χ2v) is 5.16. The van der Waals surface area contributed by atoms with Crippen molar-refractivity contribution in [3.05, 3.63) is 71.8 Å². The van der Waals surface area contributed by atoms with Crippen LogP contribution in [0.4, 0.5) is 0 Å². The molecule has 0 unspecified atom stereocenters. The second kappa shape index (κ2) is 6.53. The highest BCUT2D eigenvalue weighted by Crippen LogP contribution is 2.32. The van der Waals surface area contributed by atoms with Crippen molar-refractivity contribution in [2.24, 2.45) is 5.73 Å². The zero-order chi connectivity index (χ0) is 13.6. The zero-order valence-electron chi connectivity index (χ0n) is 11.7. The van der Waals surface area contributed by atoms with Crippen molar-refractivity contribution >= 4 is 0 Å². The Balaban J connectivity index is 2.33. The first-order chi connectivity index (χ1) is 9.27. The van der Waals surface area contributed by atoms with Crippen molar-refractivity contribution in [2.75, 3.05) is 0 Å². The quantitative estimate of drug-likeness (QED) is 0.755. The van der Waals surface area contributed by atoms with Gasteiger partial charge >= 0.3 is 0 Å². The minimum absolute atomic E-state index is 0.363. The first kappa shape index (κ1) is 13.8. The topological polar surface area (TPSA) is 26.0 Å². The molecule has 1 nitrogen and oxygen atoms in total. The summed E-state index contributed by atoms with van der Waals surface area (Å²) in [6.45, 7) is 2.23. The van der Waals surface area contributed by atoms with Gasteiger partial charge in [0.05, 0.1) is 5.54 Å². The lowest BCUT2D eigenvalue weighted by molar-refractivity contribution is 0.461. The smallest absolute Gasteiger partial charge is 0.0665 e. The summed E-state index contributed by atoms with van der Waals surface area (Å²) in [6.07, 6.45) is 4.62. The molecule has 2 aromatic rings. The van der Waals surface area contributed by atoms with Gasteiger partial charge in [0.15, 0.2) is 0 Å². The summed E-state index contributed by atoms with van der Waals surface area (Å²) >= 11 is 0. The molecule has 0 fully saturated rings. The van der Waals surface area contributed by atoms with Crippen LogP contribution in [0.3, 0.4) is 0 Å². The summed E-state index contributed by atoms with van der Waals surface area (Å²) in [6, 6.07) is 20.9. The number of hydrogen-bond acceptors (Lipinski definition) is 1. The lowest BCUT2D eigenvalue weighted by Gasteiger charge is -2.31. The van der Waals surface area contributed by atoms with Crippen LogP contribution in [-0.4, -0.2) is 0 Å². The molecule has 0 amide bonds. The van der Waals surface area contributed by atoms with E-state index in [0.717, 1.165) is 12.8 Å². The van der Waals surface area contributed by atoms with E-state index in [4.69, 9.17) is 5.73 Å². The number of benzene rings is 2. The molecule has 19 heavy (non-hydrogen) atoms. The highest BCUT2D eigenvalue weighted by atomic mass is 14.7. The predicted octanol–water partition coefficient (Wildman–Crippen LogP) is 4.47. The minimum atomic E-state index is -0.363. The van der Waals surface area contributed by atoms with Gasteiger partial charge in [-0.1, -0.05) is 86.8 Å². The normalized spacial score (nSPS) is 11.5. The average molecular weight is 253 g/mol. The first-order valence-corrected chi connectivity index (χ1v) is 7.17. The summed E-state index contributed by atoms with van der Waals surface area (Å²) < 4.78 is 0. The zero-order valence-corrected chi connectivity index (χ0v) is 11.7. The third-order valence-electron chi connectivity index (χ3n) is 3.75. The number of unbranched alkanes of at least 4 members (excludes halogenated alkanes) is 2. The van der Waals surface area contributed by atoms with E-state index in [9.17, 15) is 0 Å². The van der Waals surface area contributed by atoms with E-state index in [1.165, 1.54) is 24.0 Å². The Hall–Kier alpha value is -1.60. The number of nitrogens with two attached hydrogens (primary N) is 1. The Morgan fingerprint density at radius 3 is 1.68 bits per heavy atom. The van der Waals surface area contributed by atoms with Crippen molar-refractivity contribution in [3.8, 4) is 0 Å². The molecule has 0 radical (unpaired) electrons. The predicted molar refractivity (Wildman–Crippen MR) is 82.0 cm³/mol. The Kier molecular flexibility index (Phi) is 4.75. The molecule has 0 heterocycles. The lowest BCUT2D eigenvalue weighted by Crippen LogP contribution is -2.37. The highest BCUT2D eigenvalue weighted by molar-refractivity contribution is 5.37.